The average Bonchev–Trinajstić information content (AvgIpc) is 2.26. The second kappa shape index (κ2) is 2.57. The van der Waals surface area contributed by atoms with Gasteiger partial charge in [-0.25, -0.2) is 0 Å². The summed E-state index contributed by atoms with van der Waals surface area (Å²) in [5.41, 5.74) is 6.44. The predicted octanol–water partition coefficient (Wildman–Crippen LogP) is 0.842. The Morgan fingerprint density at radius 3 is 3.00 bits per heavy atom. The summed E-state index contributed by atoms with van der Waals surface area (Å²) < 4.78 is 0. The van der Waals surface area contributed by atoms with Crippen LogP contribution in [0.25, 0.3) is 0 Å². The lowest BCUT2D eigenvalue weighted by Crippen LogP contribution is -2.41. The van der Waals surface area contributed by atoms with E-state index in [1.807, 2.05) is 0 Å². The van der Waals surface area contributed by atoms with E-state index in [1.165, 1.54) is 13.1 Å². The van der Waals surface area contributed by atoms with Crippen molar-refractivity contribution in [3.05, 3.63) is 12.2 Å². The van der Waals surface area contributed by atoms with Crippen LogP contribution in [0.3, 0.4) is 0 Å². The molecule has 1 fully saturated rings. The molecule has 12 heavy (non-hydrogen) atoms. The first-order valence-electron chi connectivity index (χ1n) is 4.74. The Labute approximate surface area is 74.4 Å². The summed E-state index contributed by atoms with van der Waals surface area (Å²) in [4.78, 5) is 2.39. The molecular weight excluding hydrogens is 148 g/mol. The molecule has 0 spiro atoms. The van der Waals surface area contributed by atoms with Crippen LogP contribution in [0.5, 0.6) is 0 Å². The fourth-order valence-corrected chi connectivity index (χ4v) is 2.77. The molecule has 68 valence electrons. The van der Waals surface area contributed by atoms with Gasteiger partial charge in [-0.1, -0.05) is 19.1 Å². The average molecular weight is 166 g/mol. The third kappa shape index (κ3) is 1.10. The molecule has 1 heterocycles. The van der Waals surface area contributed by atoms with Crippen molar-refractivity contribution in [2.45, 2.75) is 19.4 Å². The molecule has 3 unspecified atom stereocenters. The molecule has 2 rings (SSSR count). The zero-order chi connectivity index (χ0) is 8.77. The highest BCUT2D eigenvalue weighted by molar-refractivity contribution is 5.13. The van der Waals surface area contributed by atoms with Crippen molar-refractivity contribution in [1.29, 1.82) is 0 Å². The molecule has 1 aliphatic heterocycles. The molecule has 1 saturated heterocycles. The first-order chi connectivity index (χ1) is 5.62. The first-order valence-corrected chi connectivity index (χ1v) is 4.74. The second-order valence-corrected chi connectivity index (χ2v) is 4.61. The standard InChI is InChI=1S/C10H18N2/c1-10-5-3-4-9(11)8(10)6-12(2)7-10/h3,5,8-9H,4,6-7,11H2,1-2H3. The van der Waals surface area contributed by atoms with Gasteiger partial charge in [0.25, 0.3) is 0 Å². The topological polar surface area (TPSA) is 29.3 Å². The first kappa shape index (κ1) is 8.27. The van der Waals surface area contributed by atoms with E-state index in [2.05, 4.69) is 31.0 Å². The maximum absolute atomic E-state index is 6.09. The smallest absolute Gasteiger partial charge is 0.0123 e. The van der Waals surface area contributed by atoms with Crippen molar-refractivity contribution in [2.24, 2.45) is 17.1 Å². The van der Waals surface area contributed by atoms with Crippen molar-refractivity contribution in [3.8, 4) is 0 Å². The minimum absolute atomic E-state index is 0.354. The van der Waals surface area contributed by atoms with E-state index in [0.717, 1.165) is 6.42 Å². The molecule has 0 radical (unpaired) electrons. The molecule has 0 bridgehead atoms. The van der Waals surface area contributed by atoms with E-state index in [1.54, 1.807) is 0 Å². The van der Waals surface area contributed by atoms with Crippen LogP contribution in [-0.4, -0.2) is 31.1 Å². The van der Waals surface area contributed by atoms with Gasteiger partial charge >= 0.3 is 0 Å². The summed E-state index contributed by atoms with van der Waals surface area (Å²) >= 11 is 0. The summed E-state index contributed by atoms with van der Waals surface area (Å²) in [7, 11) is 2.18. The van der Waals surface area contributed by atoms with Crippen molar-refractivity contribution in [2.75, 3.05) is 20.1 Å². The number of nitrogens with zero attached hydrogens (tertiary/aromatic N) is 1. The highest BCUT2D eigenvalue weighted by Gasteiger charge is 2.43. The molecule has 1 aliphatic carbocycles. The lowest BCUT2D eigenvalue weighted by Gasteiger charge is -2.34. The minimum Gasteiger partial charge on any atom is -0.327 e. The maximum atomic E-state index is 6.09. The van der Waals surface area contributed by atoms with E-state index < -0.39 is 0 Å². The van der Waals surface area contributed by atoms with Gasteiger partial charge in [0.05, 0.1) is 0 Å². The van der Waals surface area contributed by atoms with Gasteiger partial charge in [0.1, 0.15) is 0 Å². The molecular formula is C10H18N2. The van der Waals surface area contributed by atoms with Crippen LogP contribution in [0.4, 0.5) is 0 Å². The lowest BCUT2D eigenvalue weighted by molar-refractivity contribution is 0.270. The van der Waals surface area contributed by atoms with Crippen LogP contribution in [-0.2, 0) is 0 Å². The van der Waals surface area contributed by atoms with Gasteiger partial charge < -0.3 is 10.6 Å². The molecule has 0 aromatic carbocycles. The zero-order valence-electron chi connectivity index (χ0n) is 7.96. The van der Waals surface area contributed by atoms with E-state index >= 15 is 0 Å². The highest BCUT2D eigenvalue weighted by atomic mass is 15.1. The normalized spacial score (nSPS) is 47.9. The van der Waals surface area contributed by atoms with Crippen LogP contribution in [0.1, 0.15) is 13.3 Å². The Morgan fingerprint density at radius 1 is 1.58 bits per heavy atom. The number of nitrogens with two attached hydrogens (primary N) is 1. The monoisotopic (exact) mass is 166 g/mol. The van der Waals surface area contributed by atoms with E-state index in [0.29, 0.717) is 17.4 Å². The van der Waals surface area contributed by atoms with Gasteiger partial charge in [0, 0.05) is 24.5 Å². The van der Waals surface area contributed by atoms with Crippen LogP contribution in [0, 0.1) is 11.3 Å². The quantitative estimate of drug-likeness (QED) is 0.540. The Morgan fingerprint density at radius 2 is 2.33 bits per heavy atom. The summed E-state index contributed by atoms with van der Waals surface area (Å²) in [6, 6.07) is 0.380. The van der Waals surface area contributed by atoms with Gasteiger partial charge in [0.2, 0.25) is 0 Å². The fraction of sp³-hybridized carbons (Fsp3) is 0.800. The molecule has 2 nitrogen and oxygen atoms in total. The van der Waals surface area contributed by atoms with Crippen LogP contribution >= 0.6 is 0 Å². The summed E-state index contributed by atoms with van der Waals surface area (Å²) in [6.07, 6.45) is 5.68. The van der Waals surface area contributed by atoms with Crippen LogP contribution in [0.15, 0.2) is 12.2 Å². The second-order valence-electron chi connectivity index (χ2n) is 4.61. The van der Waals surface area contributed by atoms with Crippen molar-refractivity contribution >= 4 is 0 Å². The van der Waals surface area contributed by atoms with Crippen LogP contribution < -0.4 is 5.73 Å². The number of rotatable bonds is 0. The number of likely N-dealkylation sites (tertiary alicyclic amines) is 1. The largest absolute Gasteiger partial charge is 0.327 e. The van der Waals surface area contributed by atoms with E-state index in [9.17, 15) is 0 Å². The molecule has 2 N–H and O–H groups in total. The molecule has 0 aromatic heterocycles. The fourth-order valence-electron chi connectivity index (χ4n) is 2.77. The minimum atomic E-state index is 0.354. The molecule has 0 aromatic rings. The Bertz CT molecular complexity index is 212. The third-order valence-corrected chi connectivity index (χ3v) is 3.39. The Kier molecular flexibility index (Phi) is 1.77. The molecule has 0 amide bonds. The van der Waals surface area contributed by atoms with Gasteiger partial charge in [-0.2, -0.15) is 0 Å². The van der Waals surface area contributed by atoms with Gasteiger partial charge in [0.15, 0.2) is 0 Å². The Hall–Kier alpha value is -0.340. The van der Waals surface area contributed by atoms with Crippen molar-refractivity contribution in [3.63, 3.8) is 0 Å². The van der Waals surface area contributed by atoms with Gasteiger partial charge in [-0.15, -0.1) is 0 Å². The molecule has 3 atom stereocenters. The van der Waals surface area contributed by atoms with Crippen molar-refractivity contribution in [1.82, 2.24) is 4.90 Å². The summed E-state index contributed by atoms with van der Waals surface area (Å²) in [5.74, 6) is 0.674. The van der Waals surface area contributed by atoms with E-state index in [-0.39, 0.29) is 0 Å². The third-order valence-electron chi connectivity index (χ3n) is 3.39. The SMILES string of the molecule is CN1CC2C(N)CC=CC2(C)C1. The lowest BCUT2D eigenvalue weighted by atomic mass is 9.72. The van der Waals surface area contributed by atoms with Crippen molar-refractivity contribution < 1.29 is 0 Å². The highest BCUT2D eigenvalue weighted by Crippen LogP contribution is 2.41. The number of hydrogen-bond acceptors (Lipinski definition) is 2. The molecule has 2 heteroatoms. The van der Waals surface area contributed by atoms with Crippen LogP contribution in [0.2, 0.25) is 0 Å². The molecule has 2 aliphatic rings. The summed E-state index contributed by atoms with van der Waals surface area (Å²) in [5, 5.41) is 0. The molecule has 0 saturated carbocycles. The zero-order valence-corrected chi connectivity index (χ0v) is 7.96. The Balaban J connectivity index is 2.26. The summed E-state index contributed by atoms with van der Waals surface area (Å²) in [6.45, 7) is 4.67. The van der Waals surface area contributed by atoms with E-state index in [4.69, 9.17) is 5.73 Å². The van der Waals surface area contributed by atoms with Gasteiger partial charge in [-0.05, 0) is 19.4 Å². The predicted molar refractivity (Wildman–Crippen MR) is 50.8 cm³/mol. The number of fused-ring (bicyclic) bond motifs is 1. The van der Waals surface area contributed by atoms with Gasteiger partial charge in [-0.3, -0.25) is 0 Å². The number of hydrogen-bond donors (Lipinski definition) is 1. The maximum Gasteiger partial charge on any atom is 0.0123 e.